The van der Waals surface area contributed by atoms with Crippen LogP contribution in [0.4, 0.5) is 17.6 Å². The summed E-state index contributed by atoms with van der Waals surface area (Å²) in [6.07, 6.45) is -4.01. The molecule has 0 fully saturated rings. The number of hydrogen-bond acceptors (Lipinski definition) is 8. The maximum absolute atomic E-state index is 14.2. The SMILES string of the molecule is Cc1cc(-c2cc(Cl)ccc2OCCn2c(C)nc3cc(C(F)(F)F)c(-c4cc(F)ccn4)c(C#N)c3c2=O)c2scc(C(=O)O)c2n1. The van der Waals surface area contributed by atoms with Gasteiger partial charge >= 0.3 is 12.1 Å². The van der Waals surface area contributed by atoms with Gasteiger partial charge in [-0.25, -0.2) is 14.2 Å². The Morgan fingerprint density at radius 3 is 2.58 bits per heavy atom. The second kappa shape index (κ2) is 12.3. The van der Waals surface area contributed by atoms with Gasteiger partial charge in [0.2, 0.25) is 0 Å². The number of pyridine rings is 2. The molecule has 4 aromatic heterocycles. The Hall–Kier alpha value is -5.39. The molecule has 0 aliphatic carbocycles. The monoisotopic (exact) mass is 693 g/mol. The van der Waals surface area contributed by atoms with E-state index >= 15 is 0 Å². The lowest BCUT2D eigenvalue weighted by Gasteiger charge is -2.18. The molecule has 0 unspecified atom stereocenters. The number of carboxylic acid groups (broad SMARTS) is 1. The molecule has 15 heteroatoms. The van der Waals surface area contributed by atoms with E-state index in [1.54, 1.807) is 37.3 Å². The van der Waals surface area contributed by atoms with Crippen molar-refractivity contribution in [3.63, 3.8) is 0 Å². The number of ether oxygens (including phenoxy) is 1. The summed E-state index contributed by atoms with van der Waals surface area (Å²) in [6.45, 7) is 2.91. The van der Waals surface area contributed by atoms with Crippen LogP contribution in [0.25, 0.3) is 43.5 Å². The van der Waals surface area contributed by atoms with E-state index in [0.29, 0.717) is 43.9 Å². The minimum Gasteiger partial charge on any atom is -0.491 e. The van der Waals surface area contributed by atoms with Crippen LogP contribution in [0.1, 0.15) is 33.0 Å². The summed E-state index contributed by atoms with van der Waals surface area (Å²) in [6, 6.07) is 10.7. The molecule has 6 aromatic rings. The molecule has 0 saturated heterocycles. The first-order valence-corrected chi connectivity index (χ1v) is 15.3. The van der Waals surface area contributed by atoms with E-state index in [9.17, 15) is 37.5 Å². The first-order valence-electron chi connectivity index (χ1n) is 14.0. The molecule has 0 aliphatic rings. The smallest absolute Gasteiger partial charge is 0.417 e. The second-order valence-electron chi connectivity index (χ2n) is 10.6. The van der Waals surface area contributed by atoms with Gasteiger partial charge in [0, 0.05) is 45.1 Å². The lowest BCUT2D eigenvalue weighted by molar-refractivity contribution is -0.137. The number of thiophene rings is 1. The number of halogens is 5. The van der Waals surface area contributed by atoms with E-state index in [1.165, 1.54) is 28.2 Å². The third kappa shape index (κ3) is 5.82. The van der Waals surface area contributed by atoms with E-state index in [4.69, 9.17) is 16.3 Å². The highest BCUT2D eigenvalue weighted by molar-refractivity contribution is 7.18. The Balaban J connectivity index is 1.42. The van der Waals surface area contributed by atoms with Gasteiger partial charge in [0.05, 0.1) is 50.0 Å². The van der Waals surface area contributed by atoms with Crippen LogP contribution in [0.15, 0.2) is 58.8 Å². The number of aromatic nitrogens is 4. The average Bonchev–Trinajstić information content (AvgIpc) is 3.45. The number of nitrogens with zero attached hydrogens (tertiary/aromatic N) is 5. The maximum atomic E-state index is 14.2. The van der Waals surface area contributed by atoms with Crippen molar-refractivity contribution in [2.24, 2.45) is 0 Å². The summed E-state index contributed by atoms with van der Waals surface area (Å²) in [5.41, 5.74) is -2.18. The molecule has 0 atom stereocenters. The van der Waals surface area contributed by atoms with E-state index in [2.05, 4.69) is 15.0 Å². The van der Waals surface area contributed by atoms with Crippen molar-refractivity contribution in [3.8, 4) is 34.2 Å². The minimum atomic E-state index is -4.98. The molecule has 1 N–H and O–H groups in total. The Morgan fingerprint density at radius 2 is 1.90 bits per heavy atom. The molecule has 0 bridgehead atoms. The van der Waals surface area contributed by atoms with Gasteiger partial charge < -0.3 is 9.84 Å². The summed E-state index contributed by atoms with van der Waals surface area (Å²) >= 11 is 7.54. The highest BCUT2D eigenvalue weighted by Gasteiger charge is 2.37. The van der Waals surface area contributed by atoms with E-state index in [1.807, 2.05) is 0 Å². The molecule has 2 aromatic carbocycles. The predicted molar refractivity (Wildman–Crippen MR) is 171 cm³/mol. The van der Waals surface area contributed by atoms with Crippen molar-refractivity contribution >= 4 is 50.0 Å². The number of aryl methyl sites for hydroxylation is 2. The lowest BCUT2D eigenvalue weighted by atomic mass is 9.94. The minimum absolute atomic E-state index is 0.0542. The van der Waals surface area contributed by atoms with Crippen molar-refractivity contribution in [3.05, 3.63) is 103 Å². The van der Waals surface area contributed by atoms with Crippen LogP contribution >= 0.6 is 22.9 Å². The zero-order valence-corrected chi connectivity index (χ0v) is 26.4. The molecule has 6 rings (SSSR count). The number of aromatic carboxylic acids is 1. The van der Waals surface area contributed by atoms with Gasteiger partial charge in [-0.15, -0.1) is 11.3 Å². The fourth-order valence-electron chi connectivity index (χ4n) is 5.47. The summed E-state index contributed by atoms with van der Waals surface area (Å²) in [4.78, 5) is 38.1. The first kappa shape index (κ1) is 32.5. The third-order valence-electron chi connectivity index (χ3n) is 7.52. The van der Waals surface area contributed by atoms with Gasteiger partial charge in [0.15, 0.2) is 0 Å². The molecule has 48 heavy (non-hydrogen) atoms. The Morgan fingerprint density at radius 1 is 1.12 bits per heavy atom. The van der Waals surface area contributed by atoms with Crippen molar-refractivity contribution < 1.29 is 32.2 Å². The van der Waals surface area contributed by atoms with Crippen LogP contribution < -0.4 is 10.3 Å². The summed E-state index contributed by atoms with van der Waals surface area (Å²) in [5, 5.41) is 21.2. The van der Waals surface area contributed by atoms with Crippen LogP contribution in [0, 0.1) is 31.0 Å². The zero-order chi connectivity index (χ0) is 34.5. The van der Waals surface area contributed by atoms with Gasteiger partial charge in [-0.2, -0.15) is 18.4 Å². The Labute approximate surface area is 277 Å². The average molecular weight is 694 g/mol. The highest BCUT2D eigenvalue weighted by Crippen LogP contribution is 2.42. The largest absolute Gasteiger partial charge is 0.491 e. The molecule has 0 amide bonds. The number of alkyl halides is 3. The number of fused-ring (bicyclic) bond motifs is 2. The third-order valence-corrected chi connectivity index (χ3v) is 8.76. The van der Waals surface area contributed by atoms with Gasteiger partial charge in [-0.1, -0.05) is 11.6 Å². The van der Waals surface area contributed by atoms with E-state index in [-0.39, 0.29) is 35.4 Å². The van der Waals surface area contributed by atoms with E-state index in [0.717, 1.165) is 18.3 Å². The number of rotatable bonds is 7. The van der Waals surface area contributed by atoms with Crippen molar-refractivity contribution in [2.75, 3.05) is 6.61 Å². The number of carbonyl (C=O) groups is 1. The first-order chi connectivity index (χ1) is 22.8. The van der Waals surface area contributed by atoms with Crippen molar-refractivity contribution in [1.82, 2.24) is 19.5 Å². The van der Waals surface area contributed by atoms with Crippen molar-refractivity contribution in [1.29, 1.82) is 5.26 Å². The van der Waals surface area contributed by atoms with E-state index < -0.39 is 45.9 Å². The summed E-state index contributed by atoms with van der Waals surface area (Å²) in [7, 11) is 0. The maximum Gasteiger partial charge on any atom is 0.417 e. The van der Waals surface area contributed by atoms with Gasteiger partial charge in [-0.05, 0) is 50.2 Å². The molecule has 9 nitrogen and oxygen atoms in total. The summed E-state index contributed by atoms with van der Waals surface area (Å²) in [5.74, 6) is -1.58. The molecule has 0 saturated carbocycles. The lowest BCUT2D eigenvalue weighted by Crippen LogP contribution is -2.27. The van der Waals surface area contributed by atoms with Crippen molar-refractivity contribution in [2.45, 2.75) is 26.6 Å². The number of benzene rings is 2. The second-order valence-corrected chi connectivity index (χ2v) is 11.9. The molecule has 0 spiro atoms. The predicted octanol–water partition coefficient (Wildman–Crippen LogP) is 7.81. The van der Waals surface area contributed by atoms with Gasteiger partial charge in [-0.3, -0.25) is 19.3 Å². The zero-order valence-electron chi connectivity index (χ0n) is 24.8. The Bertz CT molecular complexity index is 2400. The fourth-order valence-corrected chi connectivity index (χ4v) is 6.65. The van der Waals surface area contributed by atoms with Gasteiger partial charge in [0.1, 0.15) is 30.1 Å². The van der Waals surface area contributed by atoms with Crippen LogP contribution in [0.2, 0.25) is 5.02 Å². The number of nitriles is 1. The molecule has 4 heterocycles. The molecular formula is C33H20ClF4N5O4S. The van der Waals surface area contributed by atoms with Crippen LogP contribution in [0.3, 0.4) is 0 Å². The molecule has 242 valence electrons. The molecular weight excluding hydrogens is 674 g/mol. The normalized spacial score (nSPS) is 11.6. The quantitative estimate of drug-likeness (QED) is 0.168. The van der Waals surface area contributed by atoms with Crippen LogP contribution in [-0.2, 0) is 12.7 Å². The topological polar surface area (TPSA) is 131 Å². The van der Waals surface area contributed by atoms with Crippen LogP contribution in [0.5, 0.6) is 5.75 Å². The molecule has 0 aliphatic heterocycles. The van der Waals surface area contributed by atoms with Crippen LogP contribution in [-0.4, -0.2) is 37.2 Å². The number of carboxylic acids is 1. The fraction of sp³-hybridized carbons (Fsp3) is 0.152. The number of hydrogen-bond donors (Lipinski definition) is 1. The summed E-state index contributed by atoms with van der Waals surface area (Å²) < 4.78 is 64.6. The standard InChI is InChI=1S/C33H20ClF4N5O4S/c1-15-9-20(30-29(41-15)22(14-48-30)32(45)46)19-10-17(34)3-4-26(19)47-8-7-43-16(2)42-25-12-23(33(36,37)38)27(21(13-39)28(25)31(43)44)24-11-18(35)5-6-40-24/h3-6,9-12,14H,7-8H2,1-2H3,(H,45,46). The highest BCUT2D eigenvalue weighted by atomic mass is 35.5. The molecule has 0 radical (unpaired) electrons. The Kier molecular flexibility index (Phi) is 8.36. The van der Waals surface area contributed by atoms with Gasteiger partial charge in [0.25, 0.3) is 5.56 Å².